The molecule has 0 spiro atoms. The molecule has 0 radical (unpaired) electrons. The van der Waals surface area contributed by atoms with Crippen molar-refractivity contribution in [2.45, 2.75) is 33.0 Å². The number of H-pyrrole nitrogens is 1. The van der Waals surface area contributed by atoms with Crippen molar-refractivity contribution in [1.82, 2.24) is 10.2 Å². The zero-order valence-corrected chi connectivity index (χ0v) is 17.9. The summed E-state index contributed by atoms with van der Waals surface area (Å²) < 4.78 is 11.0. The average Bonchev–Trinajstić information content (AvgIpc) is 3.31. The van der Waals surface area contributed by atoms with E-state index in [2.05, 4.69) is 32.1 Å². The molecule has 0 bridgehead atoms. The lowest BCUT2D eigenvalue weighted by Gasteiger charge is -2.27. The maximum Gasteiger partial charge on any atom is 0.426 e. The summed E-state index contributed by atoms with van der Waals surface area (Å²) >= 11 is 1.40. The Balaban J connectivity index is 1.54. The number of benzene rings is 1. The molecule has 2 aromatic heterocycles. The van der Waals surface area contributed by atoms with Gasteiger partial charge in [0.25, 0.3) is 18.6 Å². The zero-order valence-electron chi connectivity index (χ0n) is 17.1. The number of fused-ring (bicyclic) bond motifs is 1. The van der Waals surface area contributed by atoms with E-state index in [1.165, 1.54) is 21.6 Å². The third kappa shape index (κ3) is 4.92. The molecule has 9 nitrogen and oxygen atoms in total. The molecule has 4 rings (SSSR count). The molecule has 1 aromatic carbocycles. The Bertz CT molecular complexity index is 1130. The number of hydrogen-bond acceptors (Lipinski definition) is 7. The van der Waals surface area contributed by atoms with Crippen molar-refractivity contribution in [1.29, 1.82) is 0 Å². The SMILES string of the molecule is CCOC(=O)c1c(NC(=O)C[n+]2cc(=O)o[nH]2)sc2c1CCN(Cc1ccccc1)C2. The number of ether oxygens (including phenoxy) is 1. The van der Waals surface area contributed by atoms with Crippen LogP contribution in [0.2, 0.25) is 0 Å². The second-order valence-corrected chi connectivity index (χ2v) is 8.30. The highest BCUT2D eigenvalue weighted by Crippen LogP contribution is 2.38. The third-order valence-electron chi connectivity index (χ3n) is 4.96. The van der Waals surface area contributed by atoms with E-state index < -0.39 is 11.6 Å². The summed E-state index contributed by atoms with van der Waals surface area (Å²) in [6.07, 6.45) is 1.85. The highest BCUT2D eigenvalue weighted by Gasteiger charge is 2.30. The summed E-state index contributed by atoms with van der Waals surface area (Å²) in [7, 11) is 0. The lowest BCUT2D eigenvalue weighted by atomic mass is 10.0. The molecule has 31 heavy (non-hydrogen) atoms. The Labute approximate surface area is 182 Å². The van der Waals surface area contributed by atoms with Gasteiger partial charge in [0, 0.05) is 24.5 Å². The Morgan fingerprint density at radius 2 is 2.13 bits per heavy atom. The summed E-state index contributed by atoms with van der Waals surface area (Å²) in [5.41, 5.74) is 2.02. The lowest BCUT2D eigenvalue weighted by molar-refractivity contribution is -0.750. The molecular formula is C21H23N4O5S+. The molecule has 3 heterocycles. The fourth-order valence-corrected chi connectivity index (χ4v) is 4.92. The maximum atomic E-state index is 12.7. The molecule has 0 unspecified atom stereocenters. The van der Waals surface area contributed by atoms with Crippen molar-refractivity contribution in [2.24, 2.45) is 0 Å². The summed E-state index contributed by atoms with van der Waals surface area (Å²) in [6.45, 7) is 4.19. The van der Waals surface area contributed by atoms with Crippen LogP contribution in [0.25, 0.3) is 0 Å². The molecule has 0 saturated heterocycles. The Hall–Kier alpha value is -3.24. The van der Waals surface area contributed by atoms with E-state index in [0.29, 0.717) is 23.5 Å². The van der Waals surface area contributed by atoms with Gasteiger partial charge >= 0.3 is 11.6 Å². The molecule has 0 aliphatic carbocycles. The van der Waals surface area contributed by atoms with Gasteiger partial charge in [-0.1, -0.05) is 35.0 Å². The first-order chi connectivity index (χ1) is 15.0. The number of carbonyl (C=O) groups excluding carboxylic acids is 2. The summed E-state index contributed by atoms with van der Waals surface area (Å²) in [6, 6.07) is 10.2. The molecule has 162 valence electrons. The number of nitrogens with zero attached hydrogens (tertiary/aromatic N) is 2. The van der Waals surface area contributed by atoms with E-state index in [9.17, 15) is 14.4 Å². The Morgan fingerprint density at radius 1 is 1.32 bits per heavy atom. The third-order valence-corrected chi connectivity index (χ3v) is 6.09. The lowest BCUT2D eigenvalue weighted by Crippen LogP contribution is -2.41. The second-order valence-electron chi connectivity index (χ2n) is 7.19. The molecule has 1 amide bonds. The molecule has 2 N–H and O–H groups in total. The average molecular weight is 444 g/mol. The van der Waals surface area contributed by atoms with Gasteiger partial charge in [-0.15, -0.1) is 11.3 Å². The van der Waals surface area contributed by atoms with Gasteiger partial charge in [0.15, 0.2) is 0 Å². The molecule has 3 aromatic rings. The van der Waals surface area contributed by atoms with Gasteiger partial charge in [0.2, 0.25) is 0 Å². The van der Waals surface area contributed by atoms with Crippen LogP contribution in [0.4, 0.5) is 5.00 Å². The van der Waals surface area contributed by atoms with E-state index >= 15 is 0 Å². The van der Waals surface area contributed by atoms with Gasteiger partial charge in [0.05, 0.1) is 12.2 Å². The van der Waals surface area contributed by atoms with Crippen LogP contribution in [0.3, 0.4) is 0 Å². The number of aromatic amines is 1. The predicted molar refractivity (Wildman–Crippen MR) is 113 cm³/mol. The first-order valence-electron chi connectivity index (χ1n) is 9.99. The van der Waals surface area contributed by atoms with Crippen molar-refractivity contribution in [3.05, 3.63) is 68.5 Å². The van der Waals surface area contributed by atoms with Gasteiger partial charge in [-0.05, 0) is 29.7 Å². The summed E-state index contributed by atoms with van der Waals surface area (Å²) in [5, 5.41) is 5.61. The van der Waals surface area contributed by atoms with Crippen molar-refractivity contribution >= 4 is 28.2 Å². The highest BCUT2D eigenvalue weighted by atomic mass is 32.1. The zero-order chi connectivity index (χ0) is 21.8. The summed E-state index contributed by atoms with van der Waals surface area (Å²) in [5.74, 6) is -0.816. The van der Waals surface area contributed by atoms with Crippen molar-refractivity contribution in [2.75, 3.05) is 18.5 Å². The number of rotatable bonds is 7. The van der Waals surface area contributed by atoms with Crippen molar-refractivity contribution < 1.29 is 23.5 Å². The fourth-order valence-electron chi connectivity index (χ4n) is 3.62. The molecule has 1 aliphatic rings. The van der Waals surface area contributed by atoms with Crippen molar-refractivity contribution in [3.63, 3.8) is 0 Å². The predicted octanol–water partition coefficient (Wildman–Crippen LogP) is 1.69. The van der Waals surface area contributed by atoms with E-state index in [1.54, 1.807) is 6.92 Å². The maximum absolute atomic E-state index is 12.7. The van der Waals surface area contributed by atoms with E-state index in [1.807, 2.05) is 18.2 Å². The van der Waals surface area contributed by atoms with Crippen LogP contribution in [0.1, 0.15) is 33.3 Å². The van der Waals surface area contributed by atoms with Crippen LogP contribution < -0.4 is 15.6 Å². The van der Waals surface area contributed by atoms with Crippen LogP contribution in [0, 0.1) is 0 Å². The minimum Gasteiger partial charge on any atom is -0.462 e. The monoisotopic (exact) mass is 443 g/mol. The number of esters is 1. The Kier molecular flexibility index (Phi) is 6.28. The number of aromatic nitrogens is 2. The summed E-state index contributed by atoms with van der Waals surface area (Å²) in [4.78, 5) is 39.6. The van der Waals surface area contributed by atoms with Crippen molar-refractivity contribution in [3.8, 4) is 0 Å². The number of nitrogens with one attached hydrogen (secondary N) is 2. The number of carbonyl (C=O) groups is 2. The smallest absolute Gasteiger partial charge is 0.426 e. The minimum atomic E-state index is -0.579. The fraction of sp³-hybridized carbons (Fsp3) is 0.333. The molecular weight excluding hydrogens is 420 g/mol. The van der Waals surface area contributed by atoms with E-state index in [0.717, 1.165) is 29.7 Å². The minimum absolute atomic E-state index is 0.142. The molecule has 0 fully saturated rings. The number of hydrogen-bond donors (Lipinski definition) is 2. The number of amides is 1. The van der Waals surface area contributed by atoms with Crippen LogP contribution in [0.15, 0.2) is 45.8 Å². The second kappa shape index (κ2) is 9.27. The van der Waals surface area contributed by atoms with Crippen LogP contribution in [-0.2, 0) is 35.6 Å². The molecule has 10 heteroatoms. The quantitative estimate of drug-likeness (QED) is 0.425. The van der Waals surface area contributed by atoms with Crippen LogP contribution >= 0.6 is 11.3 Å². The Morgan fingerprint density at radius 3 is 2.84 bits per heavy atom. The van der Waals surface area contributed by atoms with E-state index in [4.69, 9.17) is 4.74 Å². The normalized spacial score (nSPS) is 13.6. The largest absolute Gasteiger partial charge is 0.462 e. The molecule has 1 aliphatic heterocycles. The first-order valence-corrected chi connectivity index (χ1v) is 10.8. The van der Waals surface area contributed by atoms with Gasteiger partial charge in [-0.3, -0.25) is 14.2 Å². The van der Waals surface area contributed by atoms with E-state index in [-0.39, 0.29) is 19.1 Å². The molecule has 0 saturated carbocycles. The standard InChI is InChI=1S/C21H22N4O5S/c1-2-29-21(28)19-15-8-9-24(10-14-6-4-3-5-7-14)11-16(15)31-20(19)22-17(26)12-25-13-18(27)30-23-25/h3-7,13H,2,8-12H2,1H3,(H-,22,23,26,27,28)/p+1. The topological polar surface area (TPSA) is 109 Å². The first kappa shape index (κ1) is 21.0. The van der Waals surface area contributed by atoms with Gasteiger partial charge in [-0.2, -0.15) is 0 Å². The molecule has 0 atom stereocenters. The highest BCUT2D eigenvalue weighted by molar-refractivity contribution is 7.17. The number of thiophene rings is 1. The number of anilines is 1. The van der Waals surface area contributed by atoms with Gasteiger partial charge < -0.3 is 10.1 Å². The van der Waals surface area contributed by atoms with Crippen LogP contribution in [-0.4, -0.2) is 35.2 Å². The van der Waals surface area contributed by atoms with Crippen LogP contribution in [0.5, 0.6) is 0 Å². The van der Waals surface area contributed by atoms with Gasteiger partial charge in [-0.25, -0.2) is 9.59 Å². The van der Waals surface area contributed by atoms with Gasteiger partial charge in [0.1, 0.15) is 5.00 Å².